The number of hydrogen-bond acceptors (Lipinski definition) is 3. The predicted molar refractivity (Wildman–Crippen MR) is 81.7 cm³/mol. The number of carbonyl (C=O) groups excluding carboxylic acids is 1. The summed E-state index contributed by atoms with van der Waals surface area (Å²) in [4.78, 5) is 18.5. The van der Waals surface area contributed by atoms with E-state index in [-0.39, 0.29) is 5.91 Å². The average Bonchev–Trinajstić information content (AvgIpc) is 2.50. The monoisotopic (exact) mass is 282 g/mol. The molecule has 4 heteroatoms. The second-order valence-electron chi connectivity index (χ2n) is 5.34. The van der Waals surface area contributed by atoms with Gasteiger partial charge in [-0.1, -0.05) is 23.8 Å². The molecule has 3 rings (SSSR count). The number of ether oxygens (including phenoxy) is 1. The van der Waals surface area contributed by atoms with E-state index < -0.39 is 0 Å². The average molecular weight is 282 g/mol. The molecule has 0 atom stereocenters. The van der Waals surface area contributed by atoms with Gasteiger partial charge in [-0.25, -0.2) is 0 Å². The Kier molecular flexibility index (Phi) is 3.60. The molecular weight excluding hydrogens is 264 g/mol. The number of pyridine rings is 1. The van der Waals surface area contributed by atoms with E-state index in [0.29, 0.717) is 19.6 Å². The molecule has 1 aliphatic heterocycles. The Bertz CT molecular complexity index is 682. The fourth-order valence-electron chi connectivity index (χ4n) is 2.57. The van der Waals surface area contributed by atoms with Crippen molar-refractivity contribution in [3.8, 4) is 5.75 Å². The summed E-state index contributed by atoms with van der Waals surface area (Å²) in [5.74, 6) is 0.812. The third-order valence-electron chi connectivity index (χ3n) is 3.77. The molecule has 0 unspecified atom stereocenters. The summed E-state index contributed by atoms with van der Waals surface area (Å²) in [6.45, 7) is 5.18. The van der Waals surface area contributed by atoms with Crippen LogP contribution in [0.3, 0.4) is 0 Å². The van der Waals surface area contributed by atoms with Crippen molar-refractivity contribution in [1.29, 1.82) is 0 Å². The molecule has 0 saturated heterocycles. The number of fused-ring (bicyclic) bond motifs is 1. The first kappa shape index (κ1) is 13.6. The van der Waals surface area contributed by atoms with Crippen molar-refractivity contribution in [1.82, 2.24) is 4.98 Å². The zero-order valence-corrected chi connectivity index (χ0v) is 12.3. The highest BCUT2D eigenvalue weighted by atomic mass is 16.5. The van der Waals surface area contributed by atoms with Gasteiger partial charge in [0, 0.05) is 12.3 Å². The molecule has 1 aliphatic rings. The van der Waals surface area contributed by atoms with Gasteiger partial charge in [0.05, 0.1) is 19.2 Å². The summed E-state index contributed by atoms with van der Waals surface area (Å²) >= 11 is 0. The zero-order valence-electron chi connectivity index (χ0n) is 12.3. The van der Waals surface area contributed by atoms with Crippen LogP contribution >= 0.6 is 0 Å². The maximum Gasteiger partial charge on any atom is 0.231 e. The van der Waals surface area contributed by atoms with Gasteiger partial charge in [0.1, 0.15) is 18.0 Å². The molecule has 1 aromatic carbocycles. The van der Waals surface area contributed by atoms with E-state index >= 15 is 0 Å². The lowest BCUT2D eigenvalue weighted by molar-refractivity contribution is -0.118. The molecule has 0 aliphatic carbocycles. The van der Waals surface area contributed by atoms with E-state index in [4.69, 9.17) is 4.74 Å². The molecule has 0 radical (unpaired) electrons. The molecule has 0 spiro atoms. The van der Waals surface area contributed by atoms with Gasteiger partial charge in [-0.15, -0.1) is 0 Å². The molecule has 2 heterocycles. The number of nitrogens with zero attached hydrogens (tertiary/aromatic N) is 2. The van der Waals surface area contributed by atoms with Gasteiger partial charge < -0.3 is 9.64 Å². The number of aryl methyl sites for hydroxylation is 2. The van der Waals surface area contributed by atoms with Crippen LogP contribution in [0.25, 0.3) is 0 Å². The van der Waals surface area contributed by atoms with Crippen LogP contribution < -0.4 is 9.64 Å². The van der Waals surface area contributed by atoms with E-state index in [9.17, 15) is 4.79 Å². The number of hydrogen-bond donors (Lipinski definition) is 0. The van der Waals surface area contributed by atoms with E-state index in [1.165, 1.54) is 5.56 Å². The number of carbonyl (C=O) groups is 1. The molecule has 2 aromatic rings. The molecule has 21 heavy (non-hydrogen) atoms. The van der Waals surface area contributed by atoms with Gasteiger partial charge in [-0.3, -0.25) is 9.78 Å². The largest absolute Gasteiger partial charge is 0.489 e. The fraction of sp³-hybridized carbons (Fsp3) is 0.294. The molecule has 1 amide bonds. The number of anilines is 1. The topological polar surface area (TPSA) is 42.4 Å². The van der Waals surface area contributed by atoms with Crippen LogP contribution in [0.4, 0.5) is 5.69 Å². The van der Waals surface area contributed by atoms with Gasteiger partial charge in [0.2, 0.25) is 5.91 Å². The Labute approximate surface area is 124 Å². The Morgan fingerprint density at radius 2 is 2.19 bits per heavy atom. The smallest absolute Gasteiger partial charge is 0.231 e. The van der Waals surface area contributed by atoms with E-state index in [0.717, 1.165) is 22.6 Å². The van der Waals surface area contributed by atoms with Crippen molar-refractivity contribution in [3.63, 3.8) is 0 Å². The Hall–Kier alpha value is -2.36. The third-order valence-corrected chi connectivity index (χ3v) is 3.77. The minimum Gasteiger partial charge on any atom is -0.489 e. The summed E-state index contributed by atoms with van der Waals surface area (Å²) in [7, 11) is 0. The van der Waals surface area contributed by atoms with Gasteiger partial charge >= 0.3 is 0 Å². The van der Waals surface area contributed by atoms with Crippen molar-refractivity contribution < 1.29 is 9.53 Å². The number of amides is 1. The molecule has 0 fully saturated rings. The highest BCUT2D eigenvalue weighted by Gasteiger charge is 2.24. The third kappa shape index (κ3) is 2.75. The fourth-order valence-corrected chi connectivity index (χ4v) is 2.57. The number of rotatable bonds is 2. The molecule has 0 N–H and O–H groups in total. The molecule has 1 aromatic heterocycles. The van der Waals surface area contributed by atoms with Crippen LogP contribution in [0, 0.1) is 13.8 Å². The first-order valence-electron chi connectivity index (χ1n) is 7.08. The maximum atomic E-state index is 12.6. The number of aromatic nitrogens is 1. The second kappa shape index (κ2) is 5.56. The van der Waals surface area contributed by atoms with Crippen molar-refractivity contribution >= 4 is 11.6 Å². The molecule has 4 nitrogen and oxygen atoms in total. The molecular formula is C17H18N2O2. The van der Waals surface area contributed by atoms with Crippen LogP contribution in [0.5, 0.6) is 5.75 Å². The van der Waals surface area contributed by atoms with Crippen molar-refractivity contribution in [3.05, 3.63) is 53.3 Å². The SMILES string of the molecule is Cc1ccc(C)c(CC(=O)N2CCOc3ccncc32)c1. The zero-order chi connectivity index (χ0) is 14.8. The van der Waals surface area contributed by atoms with Crippen molar-refractivity contribution in [2.75, 3.05) is 18.1 Å². The highest BCUT2D eigenvalue weighted by Crippen LogP contribution is 2.30. The predicted octanol–water partition coefficient (Wildman–Crippen LogP) is 2.67. The summed E-state index contributed by atoms with van der Waals surface area (Å²) in [5.41, 5.74) is 4.16. The standard InChI is InChI=1S/C17H18N2O2/c1-12-3-4-13(2)14(9-12)10-17(20)19-7-8-21-16-5-6-18-11-15(16)19/h3-6,9,11H,7-8,10H2,1-2H3. The van der Waals surface area contributed by atoms with Gasteiger partial charge in [-0.05, 0) is 25.0 Å². The van der Waals surface area contributed by atoms with Crippen LogP contribution in [-0.2, 0) is 11.2 Å². The lowest BCUT2D eigenvalue weighted by Gasteiger charge is -2.29. The Balaban J connectivity index is 1.85. The van der Waals surface area contributed by atoms with E-state index in [2.05, 4.69) is 23.2 Å². The Morgan fingerprint density at radius 3 is 3.05 bits per heavy atom. The molecule has 0 saturated carbocycles. The minimum absolute atomic E-state index is 0.0845. The van der Waals surface area contributed by atoms with Gasteiger partial charge in [0.25, 0.3) is 0 Å². The summed E-state index contributed by atoms with van der Waals surface area (Å²) in [6.07, 6.45) is 3.77. The molecule has 108 valence electrons. The Morgan fingerprint density at radius 1 is 1.33 bits per heavy atom. The first-order chi connectivity index (χ1) is 10.1. The summed E-state index contributed by atoms with van der Waals surface area (Å²) in [6, 6.07) is 8.01. The van der Waals surface area contributed by atoms with E-state index in [1.807, 2.05) is 13.8 Å². The normalized spacial score (nSPS) is 13.5. The van der Waals surface area contributed by atoms with Crippen LogP contribution in [0.15, 0.2) is 36.7 Å². The van der Waals surface area contributed by atoms with Gasteiger partial charge in [0.15, 0.2) is 0 Å². The highest BCUT2D eigenvalue weighted by molar-refractivity contribution is 5.96. The first-order valence-corrected chi connectivity index (χ1v) is 7.08. The van der Waals surface area contributed by atoms with Crippen LogP contribution in [-0.4, -0.2) is 24.0 Å². The van der Waals surface area contributed by atoms with E-state index in [1.54, 1.807) is 23.4 Å². The second-order valence-corrected chi connectivity index (χ2v) is 5.34. The van der Waals surface area contributed by atoms with Crippen LogP contribution in [0.1, 0.15) is 16.7 Å². The number of benzene rings is 1. The van der Waals surface area contributed by atoms with Crippen molar-refractivity contribution in [2.45, 2.75) is 20.3 Å². The van der Waals surface area contributed by atoms with Crippen LogP contribution in [0.2, 0.25) is 0 Å². The van der Waals surface area contributed by atoms with Crippen molar-refractivity contribution in [2.24, 2.45) is 0 Å². The molecule has 0 bridgehead atoms. The quantitative estimate of drug-likeness (QED) is 0.850. The lowest BCUT2D eigenvalue weighted by atomic mass is 10.0. The summed E-state index contributed by atoms with van der Waals surface area (Å²) < 4.78 is 5.56. The maximum absolute atomic E-state index is 12.6. The minimum atomic E-state index is 0.0845. The lowest BCUT2D eigenvalue weighted by Crippen LogP contribution is -2.39. The van der Waals surface area contributed by atoms with Gasteiger partial charge in [-0.2, -0.15) is 0 Å². The summed E-state index contributed by atoms with van der Waals surface area (Å²) in [5, 5.41) is 0.